The second-order valence-corrected chi connectivity index (χ2v) is 3.52. The molecule has 0 radical (unpaired) electrons. The second kappa shape index (κ2) is 7.06. The number of ether oxygens (including phenoxy) is 2. The van der Waals surface area contributed by atoms with E-state index in [4.69, 9.17) is 9.47 Å². The summed E-state index contributed by atoms with van der Waals surface area (Å²) in [6, 6.07) is 0. The van der Waals surface area contributed by atoms with Gasteiger partial charge in [-0.15, -0.1) is 0 Å². The summed E-state index contributed by atoms with van der Waals surface area (Å²) < 4.78 is 9.44. The number of carbonyl (C=O) groups excluding carboxylic acids is 2. The fraction of sp³-hybridized carbons (Fsp3) is 0.667. The van der Waals surface area contributed by atoms with Crippen molar-refractivity contribution >= 4 is 11.9 Å². The minimum absolute atomic E-state index is 0.0864. The summed E-state index contributed by atoms with van der Waals surface area (Å²) in [4.78, 5) is 23.4. The summed E-state index contributed by atoms with van der Waals surface area (Å²) in [7, 11) is 0. The third-order valence-electron chi connectivity index (χ3n) is 2.31. The summed E-state index contributed by atoms with van der Waals surface area (Å²) in [6.45, 7) is 6.65. The lowest BCUT2D eigenvalue weighted by molar-refractivity contribution is -0.187. The summed E-state index contributed by atoms with van der Waals surface area (Å²) in [6.07, 6.45) is 3.20. The van der Waals surface area contributed by atoms with Gasteiger partial charge in [-0.3, -0.25) is 0 Å². The zero-order valence-electron chi connectivity index (χ0n) is 10.7. The van der Waals surface area contributed by atoms with Crippen molar-refractivity contribution in [1.82, 2.24) is 0 Å². The molecule has 0 fully saturated rings. The van der Waals surface area contributed by atoms with E-state index in [0.717, 1.165) is 0 Å². The summed E-state index contributed by atoms with van der Waals surface area (Å²) in [5.41, 5.74) is -2.28. The summed E-state index contributed by atoms with van der Waals surface area (Å²) in [5.74, 6) is -2.68. The van der Waals surface area contributed by atoms with Gasteiger partial charge in [-0.1, -0.05) is 19.1 Å². The van der Waals surface area contributed by atoms with Crippen LogP contribution in [0.2, 0.25) is 0 Å². The molecule has 0 aromatic carbocycles. The third-order valence-corrected chi connectivity index (χ3v) is 2.31. The Bertz CT molecular complexity index is 277. The van der Waals surface area contributed by atoms with E-state index in [0.29, 0.717) is 0 Å². The lowest BCUT2D eigenvalue weighted by Crippen LogP contribution is -2.53. The Morgan fingerprint density at radius 3 is 1.94 bits per heavy atom. The van der Waals surface area contributed by atoms with Crippen LogP contribution >= 0.6 is 0 Å². The Morgan fingerprint density at radius 1 is 1.24 bits per heavy atom. The molecular weight excluding hydrogens is 224 g/mol. The maximum atomic E-state index is 11.7. The number of carbonyl (C=O) groups is 2. The van der Waals surface area contributed by atoms with Gasteiger partial charge < -0.3 is 14.6 Å². The van der Waals surface area contributed by atoms with Gasteiger partial charge in [0.15, 0.2) is 0 Å². The van der Waals surface area contributed by atoms with Crippen molar-refractivity contribution in [3.8, 4) is 0 Å². The van der Waals surface area contributed by atoms with Gasteiger partial charge in [0.05, 0.1) is 13.2 Å². The van der Waals surface area contributed by atoms with Gasteiger partial charge in [0.2, 0.25) is 0 Å². The number of rotatable bonds is 6. The van der Waals surface area contributed by atoms with Crippen molar-refractivity contribution in [2.24, 2.45) is 5.92 Å². The van der Waals surface area contributed by atoms with Crippen LogP contribution in [-0.4, -0.2) is 35.9 Å². The molecule has 1 unspecified atom stereocenters. The first kappa shape index (κ1) is 15.6. The molecule has 0 aromatic heterocycles. The van der Waals surface area contributed by atoms with Gasteiger partial charge >= 0.3 is 11.9 Å². The normalized spacial score (nSPS) is 13.5. The first-order chi connectivity index (χ1) is 7.94. The van der Waals surface area contributed by atoms with E-state index in [1.54, 1.807) is 39.8 Å². The van der Waals surface area contributed by atoms with Gasteiger partial charge in [0.1, 0.15) is 0 Å². The van der Waals surface area contributed by atoms with Gasteiger partial charge in [-0.2, -0.15) is 0 Å². The molecule has 5 heteroatoms. The first-order valence-electron chi connectivity index (χ1n) is 5.64. The largest absolute Gasteiger partial charge is 0.463 e. The van der Waals surface area contributed by atoms with E-state index in [1.807, 2.05) is 0 Å². The molecule has 1 N–H and O–H groups in total. The van der Waals surface area contributed by atoms with E-state index >= 15 is 0 Å². The van der Waals surface area contributed by atoms with Crippen molar-refractivity contribution in [2.45, 2.75) is 33.3 Å². The molecule has 5 nitrogen and oxygen atoms in total. The number of aliphatic hydroxyl groups is 1. The van der Waals surface area contributed by atoms with Crippen LogP contribution in [0.25, 0.3) is 0 Å². The van der Waals surface area contributed by atoms with Crippen LogP contribution in [0, 0.1) is 5.92 Å². The highest BCUT2D eigenvalue weighted by Crippen LogP contribution is 2.23. The van der Waals surface area contributed by atoms with Gasteiger partial charge in [-0.25, -0.2) is 9.59 Å². The highest BCUT2D eigenvalue weighted by molar-refractivity contribution is 6.03. The molecule has 0 aliphatic heterocycles. The Labute approximate surface area is 101 Å². The maximum absolute atomic E-state index is 11.7. The highest BCUT2D eigenvalue weighted by Gasteiger charge is 2.51. The molecule has 0 aliphatic rings. The topological polar surface area (TPSA) is 72.8 Å². The molecule has 0 saturated heterocycles. The molecule has 1 atom stereocenters. The highest BCUT2D eigenvalue weighted by atomic mass is 16.6. The van der Waals surface area contributed by atoms with E-state index < -0.39 is 23.5 Å². The van der Waals surface area contributed by atoms with E-state index in [2.05, 4.69) is 0 Å². The fourth-order valence-electron chi connectivity index (χ4n) is 1.37. The fourth-order valence-corrected chi connectivity index (χ4v) is 1.37. The molecular formula is C12H20O5. The molecule has 0 aromatic rings. The van der Waals surface area contributed by atoms with Crippen molar-refractivity contribution in [3.63, 3.8) is 0 Å². The maximum Gasteiger partial charge on any atom is 0.350 e. The average molecular weight is 244 g/mol. The zero-order valence-corrected chi connectivity index (χ0v) is 10.7. The number of allylic oxidation sites excluding steroid dienone is 1. The van der Waals surface area contributed by atoms with Gasteiger partial charge in [-0.05, 0) is 20.8 Å². The van der Waals surface area contributed by atoms with Gasteiger partial charge in [0, 0.05) is 5.92 Å². The molecule has 0 bridgehead atoms. The smallest absolute Gasteiger partial charge is 0.350 e. The SMILES string of the molecule is C/C=C/C(C)C(O)(C(=O)OCC)C(=O)OCC. The average Bonchev–Trinajstić information content (AvgIpc) is 2.28. The van der Waals surface area contributed by atoms with Crippen molar-refractivity contribution in [3.05, 3.63) is 12.2 Å². The molecule has 0 rings (SSSR count). The number of hydrogen-bond acceptors (Lipinski definition) is 5. The van der Waals surface area contributed by atoms with Crippen LogP contribution < -0.4 is 0 Å². The summed E-state index contributed by atoms with van der Waals surface area (Å²) >= 11 is 0. The van der Waals surface area contributed by atoms with Crippen LogP contribution in [0.1, 0.15) is 27.7 Å². The lowest BCUT2D eigenvalue weighted by Gasteiger charge is -2.27. The predicted octanol–water partition coefficient (Wildman–Crippen LogP) is 1.06. The standard InChI is InChI=1S/C12H20O5/c1-5-8-9(4)12(15,10(13)16-6-2)11(14)17-7-3/h5,8-9,15H,6-7H2,1-4H3/b8-5+. The van der Waals surface area contributed by atoms with Crippen LogP contribution in [0.4, 0.5) is 0 Å². The Kier molecular flexibility index (Phi) is 6.50. The third kappa shape index (κ3) is 3.56. The van der Waals surface area contributed by atoms with Crippen molar-refractivity contribution < 1.29 is 24.2 Å². The molecule has 0 heterocycles. The van der Waals surface area contributed by atoms with Crippen LogP contribution in [0.5, 0.6) is 0 Å². The molecule has 98 valence electrons. The summed E-state index contributed by atoms with van der Waals surface area (Å²) in [5, 5.41) is 10.2. The van der Waals surface area contributed by atoms with Crippen molar-refractivity contribution in [1.29, 1.82) is 0 Å². The first-order valence-corrected chi connectivity index (χ1v) is 5.64. The van der Waals surface area contributed by atoms with E-state index in [-0.39, 0.29) is 13.2 Å². The quantitative estimate of drug-likeness (QED) is 0.429. The lowest BCUT2D eigenvalue weighted by atomic mass is 9.88. The molecule has 17 heavy (non-hydrogen) atoms. The predicted molar refractivity (Wildman–Crippen MR) is 62.2 cm³/mol. The monoisotopic (exact) mass is 244 g/mol. The Balaban J connectivity index is 5.18. The second-order valence-electron chi connectivity index (χ2n) is 3.52. The number of esters is 2. The van der Waals surface area contributed by atoms with E-state index in [9.17, 15) is 14.7 Å². The van der Waals surface area contributed by atoms with Crippen LogP contribution in [0.15, 0.2) is 12.2 Å². The molecule has 0 aliphatic carbocycles. The van der Waals surface area contributed by atoms with E-state index in [1.165, 1.54) is 0 Å². The number of hydrogen-bond donors (Lipinski definition) is 1. The molecule has 0 saturated carbocycles. The molecule has 0 amide bonds. The van der Waals surface area contributed by atoms with Crippen LogP contribution in [0.3, 0.4) is 0 Å². The molecule has 0 spiro atoms. The minimum Gasteiger partial charge on any atom is -0.463 e. The van der Waals surface area contributed by atoms with Crippen LogP contribution in [-0.2, 0) is 19.1 Å². The minimum atomic E-state index is -2.28. The zero-order chi connectivity index (χ0) is 13.5. The Hall–Kier alpha value is -1.36. The van der Waals surface area contributed by atoms with Crippen molar-refractivity contribution in [2.75, 3.05) is 13.2 Å². The van der Waals surface area contributed by atoms with Gasteiger partial charge in [0.25, 0.3) is 5.60 Å². The Morgan fingerprint density at radius 2 is 1.65 bits per heavy atom.